The molecule has 68 heavy (non-hydrogen) atoms. The molecule has 0 saturated carbocycles. The Bertz CT molecular complexity index is 3840. The molecule has 0 unspecified atom stereocenters. The topological polar surface area (TPSA) is 72.3 Å². The van der Waals surface area contributed by atoms with E-state index in [-0.39, 0.29) is 0 Å². The second-order valence-corrected chi connectivity index (χ2v) is 17.9. The van der Waals surface area contributed by atoms with Crippen molar-refractivity contribution >= 4 is 43.6 Å². The van der Waals surface area contributed by atoms with Gasteiger partial charge in [-0.2, -0.15) is 5.26 Å². The molecule has 0 bridgehead atoms. The normalized spacial score (nSPS) is 11.5. The number of nitrogens with zero attached hydrogens (tertiary/aromatic N) is 6. The van der Waals surface area contributed by atoms with Crippen LogP contribution in [0.15, 0.2) is 194 Å². The number of hydrogen-bond acceptors (Lipinski definition) is 4. The van der Waals surface area contributed by atoms with Gasteiger partial charge in [0.2, 0.25) is 0 Å². The molecule has 0 N–H and O–H groups in total. The van der Waals surface area contributed by atoms with Gasteiger partial charge in [0.25, 0.3) is 0 Å². The van der Waals surface area contributed by atoms with Gasteiger partial charge in [-0.05, 0) is 130 Å². The third-order valence-corrected chi connectivity index (χ3v) is 13.2. The van der Waals surface area contributed by atoms with Gasteiger partial charge in [0.1, 0.15) is 0 Å². The highest BCUT2D eigenvalue weighted by molar-refractivity contribution is 6.12. The molecule has 0 amide bonds. The third-order valence-electron chi connectivity index (χ3n) is 13.2. The van der Waals surface area contributed by atoms with Crippen molar-refractivity contribution in [3.8, 4) is 73.9 Å². The fraction of sp³-hybridized carbons (Fsp3) is 0.0645. The Kier molecular flexibility index (Phi) is 9.67. The molecular weight excluding hydrogens is 829 g/mol. The summed E-state index contributed by atoms with van der Waals surface area (Å²) in [5.74, 6) is 1.77. The van der Waals surface area contributed by atoms with Gasteiger partial charge in [-0.25, -0.2) is 15.0 Å². The summed E-state index contributed by atoms with van der Waals surface area (Å²) >= 11 is 0. The minimum atomic E-state index is 0.571. The number of nitriles is 1. The Morgan fingerprint density at radius 3 is 1.13 bits per heavy atom. The maximum atomic E-state index is 10.1. The first-order valence-electron chi connectivity index (χ1n) is 23.0. The van der Waals surface area contributed by atoms with Crippen molar-refractivity contribution in [2.24, 2.45) is 0 Å². The fourth-order valence-electron chi connectivity index (χ4n) is 9.94. The highest BCUT2D eigenvalue weighted by Crippen LogP contribution is 2.44. The van der Waals surface area contributed by atoms with E-state index < -0.39 is 0 Å². The summed E-state index contributed by atoms with van der Waals surface area (Å²) in [6, 6.07) is 70.9. The Labute approximate surface area is 394 Å². The van der Waals surface area contributed by atoms with Gasteiger partial charge in [-0.3, -0.25) is 0 Å². The SMILES string of the molecule is Cc1ccc2c(c1)c1cc(C)ccc1n2-c1ccc(-c2cccc(C#N)c2)cc1-c1cc(-c2nc(-c3ccccc3)nc(-c3ccccc3)n2)ccc1-n1c2ccc(C)cc2c2cc(C)ccc21. The van der Waals surface area contributed by atoms with E-state index in [9.17, 15) is 5.26 Å². The number of fused-ring (bicyclic) bond motifs is 6. The second kappa shape index (κ2) is 16.2. The number of rotatable bonds is 7. The molecule has 0 aliphatic carbocycles. The molecule has 0 atom stereocenters. The van der Waals surface area contributed by atoms with Gasteiger partial charge in [-0.1, -0.05) is 125 Å². The number of benzene rings is 9. The Balaban J connectivity index is 1.22. The summed E-state index contributed by atoms with van der Waals surface area (Å²) in [5.41, 5.74) is 18.6. The summed E-state index contributed by atoms with van der Waals surface area (Å²) in [4.78, 5) is 15.5. The molecule has 3 aromatic heterocycles. The summed E-state index contributed by atoms with van der Waals surface area (Å²) in [5, 5.41) is 14.9. The minimum absolute atomic E-state index is 0.571. The van der Waals surface area contributed by atoms with E-state index in [0.717, 1.165) is 72.4 Å². The lowest BCUT2D eigenvalue weighted by Gasteiger charge is -2.21. The molecule has 0 saturated heterocycles. The number of aromatic nitrogens is 5. The van der Waals surface area contributed by atoms with E-state index >= 15 is 0 Å². The highest BCUT2D eigenvalue weighted by Gasteiger charge is 2.23. The smallest absolute Gasteiger partial charge is 0.164 e. The van der Waals surface area contributed by atoms with Crippen molar-refractivity contribution in [2.75, 3.05) is 0 Å². The molecule has 0 aliphatic heterocycles. The van der Waals surface area contributed by atoms with E-state index in [1.165, 1.54) is 43.8 Å². The molecule has 0 spiro atoms. The highest BCUT2D eigenvalue weighted by atomic mass is 15.0. The van der Waals surface area contributed by atoms with Gasteiger partial charge in [0.05, 0.1) is 45.1 Å². The average molecular weight is 873 g/mol. The van der Waals surface area contributed by atoms with Crippen LogP contribution in [0, 0.1) is 39.0 Å². The van der Waals surface area contributed by atoms with Crippen LogP contribution in [-0.4, -0.2) is 24.1 Å². The molecule has 0 aliphatic rings. The zero-order chi connectivity index (χ0) is 46.0. The van der Waals surface area contributed by atoms with Crippen LogP contribution in [-0.2, 0) is 0 Å². The lowest BCUT2D eigenvalue weighted by Crippen LogP contribution is -2.04. The van der Waals surface area contributed by atoms with Gasteiger partial charge in [-0.15, -0.1) is 0 Å². The van der Waals surface area contributed by atoms with E-state index in [1.807, 2.05) is 78.9 Å². The van der Waals surface area contributed by atoms with Crippen LogP contribution < -0.4 is 0 Å². The predicted molar refractivity (Wildman–Crippen MR) is 279 cm³/mol. The third kappa shape index (κ3) is 6.92. The Hall–Kier alpha value is -8.92. The van der Waals surface area contributed by atoms with Crippen molar-refractivity contribution in [3.05, 3.63) is 222 Å². The molecule has 0 radical (unpaired) electrons. The minimum Gasteiger partial charge on any atom is -0.309 e. The quantitative estimate of drug-likeness (QED) is 0.160. The van der Waals surface area contributed by atoms with Crippen molar-refractivity contribution < 1.29 is 0 Å². The average Bonchev–Trinajstić information content (AvgIpc) is 3.86. The second-order valence-electron chi connectivity index (χ2n) is 17.9. The Morgan fingerprint density at radius 1 is 0.338 bits per heavy atom. The molecule has 6 heteroatoms. The van der Waals surface area contributed by atoms with Crippen LogP contribution in [0.4, 0.5) is 0 Å². The van der Waals surface area contributed by atoms with Crippen molar-refractivity contribution in [2.45, 2.75) is 27.7 Å². The van der Waals surface area contributed by atoms with E-state index in [2.05, 4.69) is 158 Å². The van der Waals surface area contributed by atoms with E-state index in [1.54, 1.807) is 0 Å². The van der Waals surface area contributed by atoms with Gasteiger partial charge < -0.3 is 9.13 Å². The summed E-state index contributed by atoms with van der Waals surface area (Å²) < 4.78 is 4.85. The van der Waals surface area contributed by atoms with Crippen LogP contribution in [0.3, 0.4) is 0 Å². The van der Waals surface area contributed by atoms with Crippen LogP contribution >= 0.6 is 0 Å². The first kappa shape index (κ1) is 40.6. The van der Waals surface area contributed by atoms with Crippen molar-refractivity contribution in [3.63, 3.8) is 0 Å². The number of aryl methyl sites for hydroxylation is 4. The zero-order valence-electron chi connectivity index (χ0n) is 38.2. The summed E-state index contributed by atoms with van der Waals surface area (Å²) in [6.07, 6.45) is 0. The number of hydrogen-bond donors (Lipinski definition) is 0. The molecule has 0 fully saturated rings. The van der Waals surface area contributed by atoms with E-state index in [4.69, 9.17) is 15.0 Å². The molecular formula is C62H44N6. The van der Waals surface area contributed by atoms with Crippen LogP contribution in [0.2, 0.25) is 0 Å². The fourth-order valence-corrected chi connectivity index (χ4v) is 9.94. The monoisotopic (exact) mass is 872 g/mol. The predicted octanol–water partition coefficient (Wildman–Crippen LogP) is 15.5. The summed E-state index contributed by atoms with van der Waals surface area (Å²) in [7, 11) is 0. The zero-order valence-corrected chi connectivity index (χ0v) is 38.2. The van der Waals surface area contributed by atoms with Gasteiger partial charge in [0, 0.05) is 49.4 Å². The standard InChI is InChI=1S/C62H44N6/c1-38-18-24-54-48(30-38)49-31-39(2)19-25-55(49)67(54)58-28-22-46(45-17-11-12-42(34-45)37-63)35-52(58)53-36-47(62-65-60(43-13-7-5-8-14-43)64-61(66-62)44-15-9-6-10-16-44)23-29-59(53)68-56-26-20-40(3)32-50(56)51-33-41(4)21-27-57(51)68/h5-36H,1-4H3. The molecule has 12 rings (SSSR count). The van der Waals surface area contributed by atoms with Crippen LogP contribution in [0.1, 0.15) is 27.8 Å². The van der Waals surface area contributed by atoms with Gasteiger partial charge in [0.15, 0.2) is 17.5 Å². The molecule has 12 aromatic rings. The van der Waals surface area contributed by atoms with Gasteiger partial charge >= 0.3 is 0 Å². The Morgan fingerprint density at radius 2 is 0.706 bits per heavy atom. The molecule has 6 nitrogen and oxygen atoms in total. The molecule has 322 valence electrons. The van der Waals surface area contributed by atoms with E-state index in [0.29, 0.717) is 23.0 Å². The first-order valence-corrected chi connectivity index (χ1v) is 23.0. The van der Waals surface area contributed by atoms with Crippen molar-refractivity contribution in [1.82, 2.24) is 24.1 Å². The lowest BCUT2D eigenvalue weighted by molar-refractivity contribution is 1.07. The van der Waals surface area contributed by atoms with Crippen LogP contribution in [0.5, 0.6) is 0 Å². The maximum Gasteiger partial charge on any atom is 0.164 e. The van der Waals surface area contributed by atoms with Crippen molar-refractivity contribution in [1.29, 1.82) is 5.26 Å². The van der Waals surface area contributed by atoms with Crippen LogP contribution in [0.25, 0.3) is 111 Å². The summed E-state index contributed by atoms with van der Waals surface area (Å²) in [6.45, 7) is 8.64. The molecule has 9 aromatic carbocycles. The maximum absolute atomic E-state index is 10.1. The molecule has 3 heterocycles. The lowest BCUT2D eigenvalue weighted by atomic mass is 9.93. The first-order chi connectivity index (χ1) is 33.3. The largest absolute Gasteiger partial charge is 0.309 e.